The van der Waals surface area contributed by atoms with E-state index >= 15 is 0 Å². The lowest BCUT2D eigenvalue weighted by molar-refractivity contribution is -0.173. The van der Waals surface area contributed by atoms with E-state index in [2.05, 4.69) is 4.90 Å². The molecule has 1 radical (unpaired) electrons. The van der Waals surface area contributed by atoms with Gasteiger partial charge in [0.1, 0.15) is 5.60 Å². The van der Waals surface area contributed by atoms with Crippen LogP contribution >= 0.6 is 0 Å². The van der Waals surface area contributed by atoms with Gasteiger partial charge in [-0.25, -0.2) is 9.90 Å². The Kier molecular flexibility index (Phi) is 4.33. The smallest absolute Gasteiger partial charge is 0.339 e. The van der Waals surface area contributed by atoms with Gasteiger partial charge in [-0.3, -0.25) is 0 Å². The van der Waals surface area contributed by atoms with Crippen LogP contribution in [-0.2, 0) is 14.6 Å². The molecule has 4 nitrogen and oxygen atoms in total. The van der Waals surface area contributed by atoms with Crippen LogP contribution < -0.4 is 0 Å². The summed E-state index contributed by atoms with van der Waals surface area (Å²) in [4.78, 5) is 13.8. The summed E-state index contributed by atoms with van der Waals surface area (Å²) in [6, 6.07) is 0. The van der Waals surface area contributed by atoms with Crippen LogP contribution in [0, 0.1) is 5.92 Å². The first-order valence-corrected chi connectivity index (χ1v) is 5.87. The van der Waals surface area contributed by atoms with E-state index in [1.165, 1.54) is 0 Å². The van der Waals surface area contributed by atoms with Crippen molar-refractivity contribution in [1.29, 1.82) is 0 Å². The third-order valence-corrected chi connectivity index (χ3v) is 2.83. The molecule has 1 atom stereocenters. The Balaban J connectivity index is 2.45. The predicted octanol–water partition coefficient (Wildman–Crippen LogP) is 1.47. The van der Waals surface area contributed by atoms with Gasteiger partial charge in [0.25, 0.3) is 0 Å². The summed E-state index contributed by atoms with van der Waals surface area (Å²) in [6.07, 6.45) is 0.376. The van der Waals surface area contributed by atoms with Crippen molar-refractivity contribution in [3.8, 4) is 0 Å². The van der Waals surface area contributed by atoms with Gasteiger partial charge in [0.05, 0.1) is 0 Å². The summed E-state index contributed by atoms with van der Waals surface area (Å²) in [5.74, 6) is -0.659. The molecule has 0 spiro atoms. The van der Waals surface area contributed by atoms with Crippen molar-refractivity contribution in [2.24, 2.45) is 5.92 Å². The molecule has 1 rings (SSSR count). The van der Waals surface area contributed by atoms with Gasteiger partial charge in [-0.15, -0.1) is 0 Å². The highest BCUT2D eigenvalue weighted by Crippen LogP contribution is 2.22. The van der Waals surface area contributed by atoms with E-state index in [1.807, 2.05) is 7.05 Å². The molecule has 0 amide bonds. The summed E-state index contributed by atoms with van der Waals surface area (Å²) in [7, 11) is 2.03. The molecule has 0 unspecified atom stereocenters. The van der Waals surface area contributed by atoms with Crippen LogP contribution in [0.2, 0.25) is 0 Å². The van der Waals surface area contributed by atoms with E-state index in [9.17, 15) is 9.90 Å². The SMILES string of the molecule is CN1CCC([C@@H]([O])C(=O)OC(C)(C)C)CC1. The Morgan fingerprint density at radius 3 is 2.25 bits per heavy atom. The predicted molar refractivity (Wildman–Crippen MR) is 60.5 cm³/mol. The molecule has 1 heterocycles. The molecular formula is C12H22NO3. The highest BCUT2D eigenvalue weighted by molar-refractivity contribution is 5.75. The number of carbonyl (C=O) groups is 1. The first-order chi connectivity index (χ1) is 7.29. The van der Waals surface area contributed by atoms with Gasteiger partial charge in [0.2, 0.25) is 0 Å². The molecule has 16 heavy (non-hydrogen) atoms. The van der Waals surface area contributed by atoms with Crippen molar-refractivity contribution in [3.63, 3.8) is 0 Å². The minimum absolute atomic E-state index is 0.0638. The molecule has 0 bridgehead atoms. The van der Waals surface area contributed by atoms with Crippen LogP contribution in [0.3, 0.4) is 0 Å². The molecule has 1 fully saturated rings. The number of rotatable bonds is 2. The van der Waals surface area contributed by atoms with Gasteiger partial charge in [-0.05, 0) is 53.8 Å². The van der Waals surface area contributed by atoms with E-state index < -0.39 is 17.7 Å². The van der Waals surface area contributed by atoms with Crippen molar-refractivity contribution >= 4 is 5.97 Å². The number of carbonyl (C=O) groups excluding carboxylic acids is 1. The lowest BCUT2D eigenvalue weighted by Gasteiger charge is -2.31. The summed E-state index contributed by atoms with van der Waals surface area (Å²) in [5, 5.41) is 11.9. The third-order valence-electron chi connectivity index (χ3n) is 2.83. The van der Waals surface area contributed by atoms with Crippen molar-refractivity contribution in [2.75, 3.05) is 20.1 Å². The van der Waals surface area contributed by atoms with Crippen LogP contribution in [0.15, 0.2) is 0 Å². The first-order valence-electron chi connectivity index (χ1n) is 5.87. The monoisotopic (exact) mass is 228 g/mol. The lowest BCUT2D eigenvalue weighted by atomic mass is 9.91. The van der Waals surface area contributed by atoms with Gasteiger partial charge in [0, 0.05) is 5.92 Å². The Morgan fingerprint density at radius 1 is 1.31 bits per heavy atom. The molecule has 4 heteroatoms. The molecular weight excluding hydrogens is 206 g/mol. The van der Waals surface area contributed by atoms with Crippen molar-refractivity contribution in [3.05, 3.63) is 0 Å². The molecule has 0 aliphatic carbocycles. The minimum atomic E-state index is -1.21. The molecule has 0 aromatic carbocycles. The highest BCUT2D eigenvalue weighted by atomic mass is 16.6. The van der Waals surface area contributed by atoms with Crippen molar-refractivity contribution in [2.45, 2.75) is 45.3 Å². The van der Waals surface area contributed by atoms with E-state index in [0.29, 0.717) is 0 Å². The topological polar surface area (TPSA) is 49.4 Å². The standard InChI is InChI=1S/C12H22NO3/c1-12(2,3)16-11(15)10(14)9-5-7-13(4)8-6-9/h9-10H,5-8H2,1-4H3/t10-/m1/s1. The molecule has 1 aliphatic heterocycles. The zero-order valence-corrected chi connectivity index (χ0v) is 10.7. The number of nitrogens with zero attached hydrogens (tertiary/aromatic N) is 1. The number of piperidine rings is 1. The lowest BCUT2D eigenvalue weighted by Crippen LogP contribution is -2.41. The van der Waals surface area contributed by atoms with Crippen molar-refractivity contribution < 1.29 is 14.6 Å². The molecule has 0 aromatic heterocycles. The maximum absolute atomic E-state index is 11.9. The quantitative estimate of drug-likeness (QED) is 0.672. The van der Waals surface area contributed by atoms with Gasteiger partial charge < -0.3 is 9.64 Å². The first kappa shape index (κ1) is 13.5. The van der Waals surface area contributed by atoms with Gasteiger partial charge in [-0.2, -0.15) is 0 Å². The fourth-order valence-electron chi connectivity index (χ4n) is 1.88. The molecule has 1 aliphatic rings. The van der Waals surface area contributed by atoms with Crippen LogP contribution in [0.4, 0.5) is 0 Å². The average molecular weight is 228 g/mol. The molecule has 0 aromatic rings. The summed E-state index contributed by atoms with van der Waals surface area (Å²) < 4.78 is 5.11. The van der Waals surface area contributed by atoms with E-state index in [4.69, 9.17) is 4.74 Å². The van der Waals surface area contributed by atoms with E-state index in [1.54, 1.807) is 20.8 Å². The summed E-state index contributed by atoms with van der Waals surface area (Å²) in [6.45, 7) is 7.14. The number of likely N-dealkylation sites (tertiary alicyclic amines) is 1. The van der Waals surface area contributed by atoms with E-state index in [0.717, 1.165) is 25.9 Å². The van der Waals surface area contributed by atoms with Gasteiger partial charge >= 0.3 is 5.97 Å². The second-order valence-electron chi connectivity index (χ2n) is 5.59. The van der Waals surface area contributed by atoms with Crippen LogP contribution in [0.5, 0.6) is 0 Å². The summed E-state index contributed by atoms with van der Waals surface area (Å²) in [5.41, 5.74) is -0.564. The zero-order chi connectivity index (χ0) is 12.3. The van der Waals surface area contributed by atoms with E-state index in [-0.39, 0.29) is 5.92 Å². The molecule has 0 saturated carbocycles. The maximum atomic E-state index is 11.9. The van der Waals surface area contributed by atoms with Crippen molar-refractivity contribution in [1.82, 2.24) is 4.90 Å². The number of hydrogen-bond acceptors (Lipinski definition) is 3. The number of esters is 1. The zero-order valence-electron chi connectivity index (χ0n) is 10.7. The molecule has 0 N–H and O–H groups in total. The Labute approximate surface area is 97.6 Å². The maximum Gasteiger partial charge on any atom is 0.339 e. The highest BCUT2D eigenvalue weighted by Gasteiger charge is 2.33. The Morgan fingerprint density at radius 2 is 1.81 bits per heavy atom. The number of hydrogen-bond donors (Lipinski definition) is 0. The fraction of sp³-hybridized carbons (Fsp3) is 0.917. The second kappa shape index (κ2) is 5.15. The average Bonchev–Trinajstić information content (AvgIpc) is 2.15. The minimum Gasteiger partial charge on any atom is -0.458 e. The normalized spacial score (nSPS) is 21.8. The fourth-order valence-corrected chi connectivity index (χ4v) is 1.88. The largest absolute Gasteiger partial charge is 0.458 e. The number of ether oxygens (including phenoxy) is 1. The molecule has 93 valence electrons. The van der Waals surface area contributed by atoms with Gasteiger partial charge in [-0.1, -0.05) is 0 Å². The van der Waals surface area contributed by atoms with Crippen LogP contribution in [-0.4, -0.2) is 42.7 Å². The van der Waals surface area contributed by atoms with Crippen LogP contribution in [0.1, 0.15) is 33.6 Å². The Bertz CT molecular complexity index is 239. The van der Waals surface area contributed by atoms with Gasteiger partial charge in [0.15, 0.2) is 6.10 Å². The summed E-state index contributed by atoms with van der Waals surface area (Å²) >= 11 is 0. The van der Waals surface area contributed by atoms with Crippen LogP contribution in [0.25, 0.3) is 0 Å². The second-order valence-corrected chi connectivity index (χ2v) is 5.59. The third kappa shape index (κ3) is 4.10. The Hall–Kier alpha value is -0.610. The molecule has 1 saturated heterocycles.